The molecule has 0 aromatic rings. The van der Waals surface area contributed by atoms with Gasteiger partial charge in [-0.3, -0.25) is 9.59 Å². The summed E-state index contributed by atoms with van der Waals surface area (Å²) in [5, 5.41) is 34.0. The SMILES string of the molecule is CC1=C[C@H]2[C@@]3(O)[C@H](C)C[C@]4(OC(=O)[C@@H](N)C56CC(F)(C5)C6)[C@H]([C@@H]3C=C(CO)C[C@]2(O)C1=O)C4(C)C.S. The Morgan fingerprint density at radius 1 is 1.25 bits per heavy atom. The molecular formula is C27H38FNO6S. The smallest absolute Gasteiger partial charge is 0.324 e. The van der Waals surface area contributed by atoms with Crippen LogP contribution in [0.4, 0.5) is 4.39 Å². The molecule has 7 nitrogen and oxygen atoms in total. The molecule has 9 heteroatoms. The first-order chi connectivity index (χ1) is 16.1. The van der Waals surface area contributed by atoms with Gasteiger partial charge in [-0.2, -0.15) is 13.5 Å². The Morgan fingerprint density at radius 2 is 1.86 bits per heavy atom. The summed E-state index contributed by atoms with van der Waals surface area (Å²) in [6, 6.07) is -0.886. The molecule has 2 bridgehead atoms. The molecule has 5 fully saturated rings. The number of fused-ring (bicyclic) bond motifs is 5. The Balaban J connectivity index is 0.00000267. The van der Waals surface area contributed by atoms with E-state index in [0.717, 1.165) is 0 Å². The third-order valence-corrected chi connectivity index (χ3v) is 11.1. The number of carbonyl (C=O) groups excluding carboxylic acids is 2. The van der Waals surface area contributed by atoms with Gasteiger partial charge in [-0.05, 0) is 49.7 Å². The van der Waals surface area contributed by atoms with Crippen molar-refractivity contribution in [3.63, 3.8) is 0 Å². The summed E-state index contributed by atoms with van der Waals surface area (Å²) in [4.78, 5) is 26.3. The first-order valence-corrected chi connectivity index (χ1v) is 12.8. The van der Waals surface area contributed by atoms with Crippen molar-refractivity contribution >= 4 is 25.2 Å². The Bertz CT molecular complexity index is 1100. The van der Waals surface area contributed by atoms with Crippen molar-refractivity contribution in [2.24, 2.45) is 40.2 Å². The summed E-state index contributed by atoms with van der Waals surface area (Å²) in [6.07, 6.45) is 4.70. The molecule has 0 aromatic carbocycles. The maximum absolute atomic E-state index is 14.1. The number of carbonyl (C=O) groups is 2. The average Bonchev–Trinajstić information content (AvgIpc) is 3.14. The van der Waals surface area contributed by atoms with Gasteiger partial charge in [0.2, 0.25) is 0 Å². The van der Waals surface area contributed by atoms with E-state index in [1.165, 1.54) is 0 Å². The zero-order valence-electron chi connectivity index (χ0n) is 21.3. The Morgan fingerprint density at radius 3 is 2.42 bits per heavy atom. The van der Waals surface area contributed by atoms with E-state index in [2.05, 4.69) is 0 Å². The zero-order valence-corrected chi connectivity index (χ0v) is 22.3. The van der Waals surface area contributed by atoms with Crippen LogP contribution in [0.25, 0.3) is 0 Å². The van der Waals surface area contributed by atoms with Crippen LogP contribution in [0.1, 0.15) is 59.8 Å². The number of ketones is 1. The maximum atomic E-state index is 14.1. The Kier molecular flexibility index (Phi) is 5.29. The number of hydrogen-bond donors (Lipinski definition) is 4. The standard InChI is InChI=1S/C27H36FNO6.H2S/c1-13-5-17-25(33,20(13)31)8-15(9-30)6-16-18-22(3,4)26(18,7-14(2)27(16,17)34)35-21(32)19(29)23-10-24(28,11-23)12-23;/h5-6,14,16-19,30,33-34H,7-12,29H2,1-4H3;1H2/t14-,16+,17-,18-,19-,23?,24?,25-,26+,27-;/m1./s1. The molecule has 7 rings (SSSR count). The minimum atomic E-state index is -1.82. The summed E-state index contributed by atoms with van der Waals surface area (Å²) >= 11 is 0. The second-order valence-corrected chi connectivity index (χ2v) is 13.3. The molecule has 36 heavy (non-hydrogen) atoms. The molecular weight excluding hydrogens is 485 g/mol. The summed E-state index contributed by atoms with van der Waals surface area (Å²) < 4.78 is 20.3. The molecule has 7 aliphatic rings. The van der Waals surface area contributed by atoms with Gasteiger partial charge in [-0.25, -0.2) is 4.39 Å². The lowest BCUT2D eigenvalue weighted by Gasteiger charge is -2.67. The van der Waals surface area contributed by atoms with Crippen molar-refractivity contribution in [2.45, 2.75) is 88.3 Å². The third kappa shape index (κ3) is 2.79. The molecule has 0 amide bonds. The monoisotopic (exact) mass is 523 g/mol. The zero-order chi connectivity index (χ0) is 25.6. The number of alkyl halides is 1. The third-order valence-electron chi connectivity index (χ3n) is 11.1. The number of ether oxygens (including phenoxy) is 1. The first-order valence-electron chi connectivity index (χ1n) is 12.8. The van der Waals surface area contributed by atoms with Crippen LogP contribution in [-0.4, -0.2) is 62.2 Å². The highest BCUT2D eigenvalue weighted by atomic mass is 32.1. The van der Waals surface area contributed by atoms with Crippen molar-refractivity contribution in [3.8, 4) is 0 Å². The molecule has 0 spiro atoms. The molecule has 0 saturated heterocycles. The summed E-state index contributed by atoms with van der Waals surface area (Å²) in [5.41, 5.74) is 0.855. The topological polar surface area (TPSA) is 130 Å². The number of nitrogens with two attached hydrogens (primary N) is 1. The highest BCUT2D eigenvalue weighted by Crippen LogP contribution is 2.77. The molecule has 7 aliphatic carbocycles. The molecule has 0 aromatic heterocycles. The Hall–Kier alpha value is -1.26. The van der Waals surface area contributed by atoms with E-state index in [9.17, 15) is 29.3 Å². The number of rotatable bonds is 4. The summed E-state index contributed by atoms with van der Waals surface area (Å²) in [5.74, 6) is -3.05. The maximum Gasteiger partial charge on any atom is 0.324 e. The van der Waals surface area contributed by atoms with Gasteiger partial charge < -0.3 is 25.8 Å². The number of aliphatic hydroxyl groups excluding tert-OH is 1. The number of Topliss-reactive ketones (excluding diaryl/α,β-unsaturated/α-hetero) is 1. The highest BCUT2D eigenvalue weighted by molar-refractivity contribution is 7.59. The minimum absolute atomic E-state index is 0. The lowest BCUT2D eigenvalue weighted by molar-refractivity contribution is -0.233. The van der Waals surface area contributed by atoms with Gasteiger partial charge in [-0.1, -0.05) is 32.9 Å². The molecule has 0 unspecified atom stereocenters. The summed E-state index contributed by atoms with van der Waals surface area (Å²) in [6.45, 7) is 7.16. The van der Waals surface area contributed by atoms with Gasteiger partial charge in [-0.15, -0.1) is 0 Å². The van der Waals surface area contributed by atoms with E-state index < -0.39 is 68.9 Å². The highest BCUT2D eigenvalue weighted by Gasteiger charge is 2.83. The average molecular weight is 524 g/mol. The number of esters is 1. The first kappa shape index (κ1) is 26.4. The second-order valence-electron chi connectivity index (χ2n) is 13.3. The number of aliphatic hydroxyl groups is 3. The van der Waals surface area contributed by atoms with Crippen LogP contribution in [0.5, 0.6) is 0 Å². The van der Waals surface area contributed by atoms with Gasteiger partial charge in [0.15, 0.2) is 5.78 Å². The van der Waals surface area contributed by atoms with Gasteiger partial charge >= 0.3 is 5.97 Å². The molecule has 0 radical (unpaired) electrons. The van der Waals surface area contributed by atoms with Crippen LogP contribution in [0.3, 0.4) is 0 Å². The van der Waals surface area contributed by atoms with Gasteiger partial charge in [0.05, 0.1) is 12.2 Å². The van der Waals surface area contributed by atoms with Crippen LogP contribution in [0, 0.1) is 34.5 Å². The lowest BCUT2D eigenvalue weighted by atomic mass is 9.40. The van der Waals surface area contributed by atoms with Gasteiger partial charge in [0.1, 0.15) is 22.9 Å². The fourth-order valence-corrected chi connectivity index (χ4v) is 9.16. The minimum Gasteiger partial charge on any atom is -0.457 e. The van der Waals surface area contributed by atoms with E-state index in [4.69, 9.17) is 10.5 Å². The molecule has 5 saturated carbocycles. The van der Waals surface area contributed by atoms with E-state index >= 15 is 0 Å². The Labute approximate surface area is 217 Å². The van der Waals surface area contributed by atoms with Crippen molar-refractivity contribution in [1.82, 2.24) is 0 Å². The largest absolute Gasteiger partial charge is 0.457 e. The van der Waals surface area contributed by atoms with Crippen LogP contribution in [0.2, 0.25) is 0 Å². The fourth-order valence-electron chi connectivity index (χ4n) is 9.16. The van der Waals surface area contributed by atoms with E-state index in [1.807, 2.05) is 20.8 Å². The van der Waals surface area contributed by atoms with Gasteiger partial charge in [0, 0.05) is 35.0 Å². The number of hydrogen-bond acceptors (Lipinski definition) is 7. The van der Waals surface area contributed by atoms with Crippen molar-refractivity contribution in [2.75, 3.05) is 6.61 Å². The van der Waals surface area contributed by atoms with Gasteiger partial charge in [0.25, 0.3) is 0 Å². The lowest BCUT2D eigenvalue weighted by Crippen LogP contribution is -2.72. The van der Waals surface area contributed by atoms with Crippen LogP contribution >= 0.6 is 13.5 Å². The fraction of sp³-hybridized carbons (Fsp3) is 0.778. The van der Waals surface area contributed by atoms with Crippen LogP contribution < -0.4 is 5.73 Å². The van der Waals surface area contributed by atoms with E-state index in [1.54, 1.807) is 19.1 Å². The molecule has 0 aliphatic heterocycles. The molecule has 5 N–H and O–H groups in total. The number of halogens is 1. The normalized spacial score (nSPS) is 52.0. The predicted octanol–water partition coefficient (Wildman–Crippen LogP) is 1.84. The van der Waals surface area contributed by atoms with E-state index in [0.29, 0.717) is 36.8 Å². The van der Waals surface area contributed by atoms with Crippen LogP contribution in [-0.2, 0) is 14.3 Å². The molecule has 200 valence electrons. The van der Waals surface area contributed by atoms with Crippen molar-refractivity contribution in [3.05, 3.63) is 23.3 Å². The predicted molar refractivity (Wildman–Crippen MR) is 134 cm³/mol. The molecule has 0 heterocycles. The van der Waals surface area contributed by atoms with Crippen molar-refractivity contribution < 1.29 is 34.0 Å². The quantitative estimate of drug-likeness (QED) is 0.327. The van der Waals surface area contributed by atoms with E-state index in [-0.39, 0.29) is 32.4 Å². The molecule has 8 atom stereocenters. The second kappa shape index (κ2) is 7.23. The van der Waals surface area contributed by atoms with Crippen molar-refractivity contribution in [1.29, 1.82) is 0 Å². The summed E-state index contributed by atoms with van der Waals surface area (Å²) in [7, 11) is 0. The van der Waals surface area contributed by atoms with Crippen LogP contribution in [0.15, 0.2) is 23.3 Å².